The second kappa shape index (κ2) is 5.40. The number of anilines is 1. The number of aliphatic carboxylic acids is 1. The number of thiophene rings is 1. The van der Waals surface area contributed by atoms with Gasteiger partial charge in [0.25, 0.3) is 0 Å². The Morgan fingerprint density at radius 3 is 3.06 bits per heavy atom. The van der Waals surface area contributed by atoms with Crippen LogP contribution in [0.25, 0.3) is 10.6 Å². The van der Waals surface area contributed by atoms with Gasteiger partial charge in [-0.25, -0.2) is 9.97 Å². The zero-order valence-electron chi connectivity index (χ0n) is 8.96. The zero-order chi connectivity index (χ0) is 12.1. The summed E-state index contributed by atoms with van der Waals surface area (Å²) in [6, 6.07) is 5.75. The average molecular weight is 249 g/mol. The number of carbonyl (C=O) groups is 1. The average Bonchev–Trinajstić information content (AvgIpc) is 2.82. The van der Waals surface area contributed by atoms with E-state index in [1.165, 1.54) is 6.33 Å². The normalized spacial score (nSPS) is 10.1. The summed E-state index contributed by atoms with van der Waals surface area (Å²) in [4.78, 5) is 19.6. The molecule has 17 heavy (non-hydrogen) atoms. The number of carboxylic acids is 1. The molecule has 0 saturated heterocycles. The van der Waals surface area contributed by atoms with Crippen LogP contribution >= 0.6 is 11.3 Å². The molecule has 0 saturated carbocycles. The minimum absolute atomic E-state index is 0.0678. The molecule has 0 radical (unpaired) electrons. The van der Waals surface area contributed by atoms with Crippen molar-refractivity contribution in [1.82, 2.24) is 9.97 Å². The molecule has 2 N–H and O–H groups in total. The molecule has 88 valence electrons. The van der Waals surface area contributed by atoms with E-state index >= 15 is 0 Å². The summed E-state index contributed by atoms with van der Waals surface area (Å²) in [5, 5.41) is 13.5. The van der Waals surface area contributed by atoms with Crippen molar-refractivity contribution in [2.24, 2.45) is 0 Å². The molecular weight excluding hydrogens is 238 g/mol. The van der Waals surface area contributed by atoms with Gasteiger partial charge in [0.15, 0.2) is 0 Å². The third-order valence-electron chi connectivity index (χ3n) is 2.09. The molecule has 0 aliphatic carbocycles. The van der Waals surface area contributed by atoms with Crippen LogP contribution in [-0.2, 0) is 4.79 Å². The lowest BCUT2D eigenvalue weighted by molar-refractivity contribution is -0.136. The van der Waals surface area contributed by atoms with Crippen molar-refractivity contribution in [1.29, 1.82) is 0 Å². The highest BCUT2D eigenvalue weighted by molar-refractivity contribution is 7.13. The molecule has 2 heterocycles. The third kappa shape index (κ3) is 3.25. The van der Waals surface area contributed by atoms with Crippen molar-refractivity contribution in [3.05, 3.63) is 29.9 Å². The Hall–Kier alpha value is -1.95. The van der Waals surface area contributed by atoms with Gasteiger partial charge in [-0.05, 0) is 11.4 Å². The van der Waals surface area contributed by atoms with Gasteiger partial charge in [0.1, 0.15) is 12.1 Å². The fraction of sp³-hybridized carbons (Fsp3) is 0.182. The highest BCUT2D eigenvalue weighted by Gasteiger charge is 2.03. The minimum Gasteiger partial charge on any atom is -0.481 e. The van der Waals surface area contributed by atoms with Crippen LogP contribution in [0.2, 0.25) is 0 Å². The molecule has 0 spiro atoms. The Balaban J connectivity index is 2.04. The topological polar surface area (TPSA) is 75.1 Å². The molecule has 2 rings (SSSR count). The van der Waals surface area contributed by atoms with Crippen molar-refractivity contribution < 1.29 is 9.90 Å². The van der Waals surface area contributed by atoms with Crippen molar-refractivity contribution in [3.8, 4) is 10.6 Å². The van der Waals surface area contributed by atoms with E-state index in [9.17, 15) is 4.79 Å². The van der Waals surface area contributed by atoms with E-state index in [0.29, 0.717) is 12.4 Å². The Morgan fingerprint density at radius 2 is 2.35 bits per heavy atom. The smallest absolute Gasteiger partial charge is 0.305 e. The van der Waals surface area contributed by atoms with Gasteiger partial charge >= 0.3 is 5.97 Å². The van der Waals surface area contributed by atoms with Gasteiger partial charge in [-0.3, -0.25) is 4.79 Å². The first-order chi connectivity index (χ1) is 8.25. The molecule has 2 aromatic rings. The first-order valence-electron chi connectivity index (χ1n) is 5.07. The van der Waals surface area contributed by atoms with E-state index in [1.807, 2.05) is 23.6 Å². The number of hydrogen-bond donors (Lipinski definition) is 2. The van der Waals surface area contributed by atoms with Crippen LogP contribution in [0.5, 0.6) is 0 Å². The van der Waals surface area contributed by atoms with E-state index in [-0.39, 0.29) is 6.42 Å². The largest absolute Gasteiger partial charge is 0.481 e. The predicted octanol–water partition coefficient (Wildman–Crippen LogP) is 2.09. The van der Waals surface area contributed by atoms with Gasteiger partial charge in [-0.2, -0.15) is 0 Å². The summed E-state index contributed by atoms with van der Waals surface area (Å²) in [6.45, 7) is 0.357. The van der Waals surface area contributed by atoms with Gasteiger partial charge in [-0.15, -0.1) is 11.3 Å². The maximum Gasteiger partial charge on any atom is 0.305 e. The Kier molecular flexibility index (Phi) is 3.66. The van der Waals surface area contributed by atoms with Gasteiger partial charge in [0.2, 0.25) is 0 Å². The molecule has 2 aromatic heterocycles. The summed E-state index contributed by atoms with van der Waals surface area (Å²) >= 11 is 1.60. The molecule has 0 bridgehead atoms. The van der Waals surface area contributed by atoms with Crippen LogP contribution in [0.3, 0.4) is 0 Å². The van der Waals surface area contributed by atoms with E-state index in [2.05, 4.69) is 15.3 Å². The molecule has 0 unspecified atom stereocenters. The summed E-state index contributed by atoms with van der Waals surface area (Å²) in [6.07, 6.45) is 1.54. The fourth-order valence-electron chi connectivity index (χ4n) is 1.31. The number of nitrogens with zero attached hydrogens (tertiary/aromatic N) is 2. The standard InChI is InChI=1S/C11H11N3O2S/c15-11(16)3-4-12-10-6-8(13-7-14-10)9-2-1-5-17-9/h1-2,5-7H,3-4H2,(H,15,16)(H,12,13,14). The van der Waals surface area contributed by atoms with Crippen LogP contribution in [-0.4, -0.2) is 27.6 Å². The van der Waals surface area contributed by atoms with E-state index in [4.69, 9.17) is 5.11 Å². The molecule has 0 aliphatic rings. The summed E-state index contributed by atoms with van der Waals surface area (Å²) in [5.41, 5.74) is 0.841. The Bertz CT molecular complexity index is 499. The number of aromatic nitrogens is 2. The van der Waals surface area contributed by atoms with Crippen LogP contribution < -0.4 is 5.32 Å². The summed E-state index contributed by atoms with van der Waals surface area (Å²) in [7, 11) is 0. The quantitative estimate of drug-likeness (QED) is 0.848. The molecule has 0 atom stereocenters. The molecule has 0 fully saturated rings. The van der Waals surface area contributed by atoms with E-state index in [0.717, 1.165) is 10.6 Å². The van der Waals surface area contributed by atoms with Crippen LogP contribution in [0.4, 0.5) is 5.82 Å². The second-order valence-corrected chi connectivity index (χ2v) is 4.28. The molecule has 0 aromatic carbocycles. The second-order valence-electron chi connectivity index (χ2n) is 3.34. The highest BCUT2D eigenvalue weighted by atomic mass is 32.1. The van der Waals surface area contributed by atoms with Gasteiger partial charge in [0.05, 0.1) is 17.0 Å². The first kappa shape index (κ1) is 11.5. The highest BCUT2D eigenvalue weighted by Crippen LogP contribution is 2.23. The summed E-state index contributed by atoms with van der Waals surface area (Å²) in [5.74, 6) is -0.185. The molecule has 0 amide bonds. The minimum atomic E-state index is -0.829. The number of rotatable bonds is 5. The van der Waals surface area contributed by atoms with Crippen molar-refractivity contribution >= 4 is 23.1 Å². The first-order valence-corrected chi connectivity index (χ1v) is 5.95. The van der Waals surface area contributed by atoms with E-state index < -0.39 is 5.97 Å². The Morgan fingerprint density at radius 1 is 1.47 bits per heavy atom. The van der Waals surface area contributed by atoms with Crippen LogP contribution in [0.15, 0.2) is 29.9 Å². The molecule has 5 nitrogen and oxygen atoms in total. The van der Waals surface area contributed by atoms with Gasteiger partial charge in [0, 0.05) is 12.6 Å². The SMILES string of the molecule is O=C(O)CCNc1cc(-c2cccs2)ncn1. The molecule has 0 aliphatic heterocycles. The fourth-order valence-corrected chi connectivity index (χ4v) is 2.00. The van der Waals surface area contributed by atoms with Gasteiger partial charge in [-0.1, -0.05) is 6.07 Å². The van der Waals surface area contributed by atoms with Crippen LogP contribution in [0.1, 0.15) is 6.42 Å². The monoisotopic (exact) mass is 249 g/mol. The lowest BCUT2D eigenvalue weighted by Crippen LogP contribution is -2.08. The maximum absolute atomic E-state index is 10.4. The lowest BCUT2D eigenvalue weighted by atomic mass is 10.3. The maximum atomic E-state index is 10.4. The van der Waals surface area contributed by atoms with Crippen molar-refractivity contribution in [2.45, 2.75) is 6.42 Å². The Labute approximate surface area is 102 Å². The number of hydrogen-bond acceptors (Lipinski definition) is 5. The van der Waals surface area contributed by atoms with Gasteiger partial charge < -0.3 is 10.4 Å². The van der Waals surface area contributed by atoms with Crippen LogP contribution in [0, 0.1) is 0 Å². The zero-order valence-corrected chi connectivity index (χ0v) is 9.78. The summed E-state index contributed by atoms with van der Waals surface area (Å²) < 4.78 is 0. The van der Waals surface area contributed by atoms with E-state index in [1.54, 1.807) is 11.3 Å². The number of carboxylic acid groups (broad SMARTS) is 1. The molecule has 6 heteroatoms. The lowest BCUT2D eigenvalue weighted by Gasteiger charge is -2.04. The predicted molar refractivity (Wildman–Crippen MR) is 66.1 cm³/mol. The number of nitrogens with one attached hydrogen (secondary N) is 1. The molecular formula is C11H11N3O2S. The third-order valence-corrected chi connectivity index (χ3v) is 2.98. The van der Waals surface area contributed by atoms with Crippen molar-refractivity contribution in [3.63, 3.8) is 0 Å². The van der Waals surface area contributed by atoms with Crippen molar-refractivity contribution in [2.75, 3.05) is 11.9 Å².